The summed E-state index contributed by atoms with van der Waals surface area (Å²) in [6.07, 6.45) is -0.495. The Morgan fingerprint density at radius 1 is 1.27 bits per heavy atom. The second-order valence-corrected chi connectivity index (χ2v) is 4.71. The van der Waals surface area contributed by atoms with Gasteiger partial charge in [0.25, 0.3) is 0 Å². The Kier molecular flexibility index (Phi) is 3.30. The Labute approximate surface area is 90.3 Å². The van der Waals surface area contributed by atoms with Gasteiger partial charge in [-0.25, -0.2) is 4.79 Å². The molecule has 0 spiro atoms. The van der Waals surface area contributed by atoms with Gasteiger partial charge in [-0.3, -0.25) is 0 Å². The summed E-state index contributed by atoms with van der Waals surface area (Å²) in [5, 5.41) is 10.7. The summed E-state index contributed by atoms with van der Waals surface area (Å²) in [7, 11) is -0.332. The SMILES string of the molecule is CC1(C)OB(CCNC(=O)O)OC1(C)C. The molecule has 0 aromatic rings. The summed E-state index contributed by atoms with van der Waals surface area (Å²) in [6.45, 7) is 8.22. The molecule has 6 heteroatoms. The van der Waals surface area contributed by atoms with Crippen LogP contribution in [0.2, 0.25) is 6.32 Å². The highest BCUT2D eigenvalue weighted by Crippen LogP contribution is 2.37. The quantitative estimate of drug-likeness (QED) is 0.697. The largest absolute Gasteiger partial charge is 0.465 e. The molecule has 0 radical (unpaired) electrons. The van der Waals surface area contributed by atoms with Gasteiger partial charge >= 0.3 is 13.2 Å². The third kappa shape index (κ3) is 2.85. The molecule has 0 atom stereocenters. The van der Waals surface area contributed by atoms with Crippen LogP contribution in [0.3, 0.4) is 0 Å². The summed E-state index contributed by atoms with van der Waals surface area (Å²) < 4.78 is 11.4. The first kappa shape index (κ1) is 12.3. The summed E-state index contributed by atoms with van der Waals surface area (Å²) in [6, 6.07) is 0. The van der Waals surface area contributed by atoms with E-state index in [1.165, 1.54) is 0 Å². The van der Waals surface area contributed by atoms with Crippen molar-refractivity contribution in [3.8, 4) is 0 Å². The lowest BCUT2D eigenvalue weighted by molar-refractivity contribution is 0.00578. The monoisotopic (exact) mass is 215 g/mol. The zero-order valence-corrected chi connectivity index (χ0v) is 9.66. The lowest BCUT2D eigenvalue weighted by atomic mass is 9.85. The van der Waals surface area contributed by atoms with Crippen LogP contribution in [0, 0.1) is 0 Å². The van der Waals surface area contributed by atoms with E-state index in [1.807, 2.05) is 27.7 Å². The zero-order valence-electron chi connectivity index (χ0n) is 9.66. The van der Waals surface area contributed by atoms with Crippen LogP contribution in [0.5, 0.6) is 0 Å². The maximum absolute atomic E-state index is 10.2. The third-order valence-electron chi connectivity index (χ3n) is 2.96. The van der Waals surface area contributed by atoms with Crippen LogP contribution in [-0.2, 0) is 9.31 Å². The van der Waals surface area contributed by atoms with Crippen molar-refractivity contribution < 1.29 is 19.2 Å². The molecule has 0 bridgehead atoms. The highest BCUT2D eigenvalue weighted by atomic mass is 16.7. The molecule has 1 aliphatic heterocycles. The van der Waals surface area contributed by atoms with E-state index in [2.05, 4.69) is 5.32 Å². The minimum Gasteiger partial charge on any atom is -0.465 e. The van der Waals surface area contributed by atoms with E-state index >= 15 is 0 Å². The van der Waals surface area contributed by atoms with E-state index in [4.69, 9.17) is 14.4 Å². The molecule has 0 aliphatic carbocycles. The summed E-state index contributed by atoms with van der Waals surface area (Å²) >= 11 is 0. The molecular formula is C9H18BNO4. The molecule has 0 unspecified atom stereocenters. The highest BCUT2D eigenvalue weighted by Gasteiger charge is 2.50. The minimum atomic E-state index is -1.02. The van der Waals surface area contributed by atoms with Crippen molar-refractivity contribution in [3.05, 3.63) is 0 Å². The van der Waals surface area contributed by atoms with Gasteiger partial charge in [0.1, 0.15) is 0 Å². The van der Waals surface area contributed by atoms with Crippen molar-refractivity contribution in [2.45, 2.75) is 45.2 Å². The molecule has 1 fully saturated rings. The molecule has 1 saturated heterocycles. The third-order valence-corrected chi connectivity index (χ3v) is 2.96. The number of nitrogens with one attached hydrogen (secondary N) is 1. The van der Waals surface area contributed by atoms with Gasteiger partial charge in [-0.05, 0) is 34.0 Å². The Hall–Kier alpha value is -0.745. The van der Waals surface area contributed by atoms with Gasteiger partial charge in [0.05, 0.1) is 11.2 Å². The van der Waals surface area contributed by atoms with Crippen molar-refractivity contribution in [3.63, 3.8) is 0 Å². The first-order valence-electron chi connectivity index (χ1n) is 5.07. The van der Waals surface area contributed by atoms with Crippen LogP contribution >= 0.6 is 0 Å². The van der Waals surface area contributed by atoms with Gasteiger partial charge in [0.15, 0.2) is 0 Å². The van der Waals surface area contributed by atoms with Gasteiger partial charge in [-0.2, -0.15) is 0 Å². The standard InChI is InChI=1S/C9H18BNO4/c1-8(2)9(3,4)15-10(14-8)5-6-11-7(12)13/h11H,5-6H2,1-4H3,(H,12,13). The summed E-state index contributed by atoms with van der Waals surface area (Å²) in [4.78, 5) is 10.2. The van der Waals surface area contributed by atoms with E-state index in [0.29, 0.717) is 12.9 Å². The minimum absolute atomic E-state index is 0.332. The predicted molar refractivity (Wildman–Crippen MR) is 56.9 cm³/mol. The number of carbonyl (C=O) groups is 1. The lowest BCUT2D eigenvalue weighted by Gasteiger charge is -2.32. The fourth-order valence-electron chi connectivity index (χ4n) is 1.38. The van der Waals surface area contributed by atoms with Gasteiger partial charge < -0.3 is 19.7 Å². The van der Waals surface area contributed by atoms with Crippen molar-refractivity contribution in [2.75, 3.05) is 6.54 Å². The predicted octanol–water partition coefficient (Wildman–Crippen LogP) is 1.35. The van der Waals surface area contributed by atoms with Gasteiger partial charge in [0.2, 0.25) is 0 Å². The second-order valence-electron chi connectivity index (χ2n) is 4.71. The van der Waals surface area contributed by atoms with Crippen molar-refractivity contribution in [1.82, 2.24) is 5.32 Å². The van der Waals surface area contributed by atoms with Gasteiger partial charge in [0, 0.05) is 6.54 Å². The molecule has 86 valence electrons. The van der Waals surface area contributed by atoms with Gasteiger partial charge in [-0.15, -0.1) is 0 Å². The molecule has 1 amide bonds. The zero-order chi connectivity index (χ0) is 11.7. The van der Waals surface area contributed by atoms with E-state index in [-0.39, 0.29) is 18.3 Å². The van der Waals surface area contributed by atoms with Crippen LogP contribution in [0.15, 0.2) is 0 Å². The van der Waals surface area contributed by atoms with Crippen LogP contribution < -0.4 is 5.32 Å². The first-order valence-corrected chi connectivity index (χ1v) is 5.07. The molecule has 1 heterocycles. The van der Waals surface area contributed by atoms with E-state index in [9.17, 15) is 4.79 Å². The molecule has 5 nitrogen and oxygen atoms in total. The number of hydrogen-bond acceptors (Lipinski definition) is 3. The number of carboxylic acid groups (broad SMARTS) is 1. The maximum Gasteiger partial charge on any atom is 0.459 e. The Balaban J connectivity index is 2.39. The molecule has 2 N–H and O–H groups in total. The second kappa shape index (κ2) is 4.02. The molecule has 0 aromatic carbocycles. The van der Waals surface area contributed by atoms with Crippen molar-refractivity contribution in [2.24, 2.45) is 0 Å². The van der Waals surface area contributed by atoms with Crippen LogP contribution in [-0.4, -0.2) is 36.1 Å². The average Bonchev–Trinajstić information content (AvgIpc) is 2.19. The number of hydrogen-bond donors (Lipinski definition) is 2. The van der Waals surface area contributed by atoms with Crippen molar-refractivity contribution >= 4 is 13.2 Å². The normalized spacial score (nSPS) is 22.8. The van der Waals surface area contributed by atoms with Crippen LogP contribution in [0.25, 0.3) is 0 Å². The van der Waals surface area contributed by atoms with E-state index in [1.54, 1.807) is 0 Å². The van der Waals surface area contributed by atoms with Crippen LogP contribution in [0.1, 0.15) is 27.7 Å². The van der Waals surface area contributed by atoms with Gasteiger partial charge in [-0.1, -0.05) is 0 Å². The van der Waals surface area contributed by atoms with E-state index < -0.39 is 6.09 Å². The molecular weight excluding hydrogens is 197 g/mol. The molecule has 1 rings (SSSR count). The average molecular weight is 215 g/mol. The molecule has 0 aromatic heterocycles. The molecule has 1 aliphatic rings. The number of rotatable bonds is 3. The Morgan fingerprint density at radius 2 is 1.73 bits per heavy atom. The van der Waals surface area contributed by atoms with Crippen LogP contribution in [0.4, 0.5) is 4.79 Å². The fraction of sp³-hybridized carbons (Fsp3) is 0.889. The Bertz CT molecular complexity index is 238. The number of amides is 1. The lowest BCUT2D eigenvalue weighted by Crippen LogP contribution is -2.41. The highest BCUT2D eigenvalue weighted by molar-refractivity contribution is 6.45. The smallest absolute Gasteiger partial charge is 0.459 e. The summed E-state index contributed by atoms with van der Waals surface area (Å²) in [5.41, 5.74) is -0.693. The molecule has 0 saturated carbocycles. The van der Waals surface area contributed by atoms with Crippen molar-refractivity contribution in [1.29, 1.82) is 0 Å². The van der Waals surface area contributed by atoms with E-state index in [0.717, 1.165) is 0 Å². The molecule has 15 heavy (non-hydrogen) atoms. The maximum atomic E-state index is 10.2. The topological polar surface area (TPSA) is 67.8 Å². The first-order chi connectivity index (χ1) is 6.74. The Morgan fingerprint density at radius 3 is 2.13 bits per heavy atom. The summed E-state index contributed by atoms with van der Waals surface area (Å²) in [5.74, 6) is 0. The fourth-order valence-corrected chi connectivity index (χ4v) is 1.38.